The lowest BCUT2D eigenvalue weighted by molar-refractivity contribution is 0.155. The Balaban J connectivity index is 2.51. The second-order valence-electron chi connectivity index (χ2n) is 1.68. The second-order valence-corrected chi connectivity index (χ2v) is 1.68. The van der Waals surface area contributed by atoms with Crippen LogP contribution in [0.25, 0.3) is 0 Å². The van der Waals surface area contributed by atoms with Crippen molar-refractivity contribution in [2.45, 2.75) is 0 Å². The van der Waals surface area contributed by atoms with Crippen LogP contribution in [0.4, 0.5) is 0 Å². The molecule has 0 radical (unpaired) electrons. The number of hydrogen-bond donors (Lipinski definition) is 3. The van der Waals surface area contributed by atoms with E-state index in [4.69, 9.17) is 5.41 Å². The minimum atomic E-state index is 0.354. The number of hydrogen-bond acceptors (Lipinski definition) is 3. The van der Waals surface area contributed by atoms with Gasteiger partial charge in [0.15, 0.2) is 0 Å². The quantitative estimate of drug-likeness (QED) is 0.368. The average molecular weight is 115 g/mol. The molecule has 1 saturated heterocycles. The van der Waals surface area contributed by atoms with E-state index in [9.17, 15) is 0 Å². The highest BCUT2D eigenvalue weighted by Gasteiger charge is 2.14. The summed E-state index contributed by atoms with van der Waals surface area (Å²) in [4.78, 5) is 0. The Morgan fingerprint density at radius 2 is 2.12 bits per heavy atom. The normalized spacial score (nSPS) is 21.8. The summed E-state index contributed by atoms with van der Waals surface area (Å²) < 4.78 is 0. The zero-order valence-corrected chi connectivity index (χ0v) is 4.89. The maximum atomic E-state index is 7.10. The molecule has 5 nitrogen and oxygen atoms in total. The van der Waals surface area contributed by atoms with Gasteiger partial charge in [-0.05, 0) is 0 Å². The molecule has 0 unspecified atom stereocenters. The van der Waals surface area contributed by atoms with Crippen molar-refractivity contribution < 1.29 is 0 Å². The molecule has 0 aromatic heterocycles. The van der Waals surface area contributed by atoms with Gasteiger partial charge in [0.25, 0.3) is 0 Å². The fourth-order valence-electron chi connectivity index (χ4n) is 0.534. The molecule has 0 saturated carbocycles. The van der Waals surface area contributed by atoms with Gasteiger partial charge in [-0.15, -0.1) is 10.7 Å². The molecule has 5 heteroatoms. The smallest absolute Gasteiger partial charge is 0.222 e. The van der Waals surface area contributed by atoms with Gasteiger partial charge in [-0.2, -0.15) is 0 Å². The first-order chi connectivity index (χ1) is 3.70. The number of nitrogens with one attached hydrogen (secondary N) is 3. The van der Waals surface area contributed by atoms with Crippen molar-refractivity contribution in [3.8, 4) is 0 Å². The van der Waals surface area contributed by atoms with E-state index in [1.807, 2.05) is 0 Å². The van der Waals surface area contributed by atoms with Gasteiger partial charge in [-0.3, -0.25) is 15.8 Å². The van der Waals surface area contributed by atoms with Crippen LogP contribution in [0.1, 0.15) is 0 Å². The van der Waals surface area contributed by atoms with Crippen LogP contribution in [0.3, 0.4) is 0 Å². The van der Waals surface area contributed by atoms with Gasteiger partial charge in [0.05, 0.1) is 0 Å². The zero-order chi connectivity index (χ0) is 6.15. The number of hydrazine groups is 3. The van der Waals surface area contributed by atoms with Gasteiger partial charge in [-0.1, -0.05) is 0 Å². The first-order valence-electron chi connectivity index (χ1n) is 2.29. The van der Waals surface area contributed by atoms with Crippen molar-refractivity contribution in [3.63, 3.8) is 0 Å². The fourth-order valence-corrected chi connectivity index (χ4v) is 0.534. The third kappa shape index (κ3) is 0.728. The molecule has 1 heterocycles. The molecule has 3 N–H and O–H groups in total. The maximum Gasteiger partial charge on any atom is 0.222 e. The lowest BCUT2D eigenvalue weighted by Gasteiger charge is -2.07. The molecule has 8 heavy (non-hydrogen) atoms. The van der Waals surface area contributed by atoms with Crippen LogP contribution in [0.15, 0.2) is 0 Å². The summed E-state index contributed by atoms with van der Waals surface area (Å²) in [5.74, 6) is 0.354. The highest BCUT2D eigenvalue weighted by Crippen LogP contribution is 1.84. The summed E-state index contributed by atoms with van der Waals surface area (Å²) in [6.45, 7) is 0. The number of guanidine groups is 1. The van der Waals surface area contributed by atoms with Crippen molar-refractivity contribution in [3.05, 3.63) is 0 Å². The molecule has 0 aromatic carbocycles. The van der Waals surface area contributed by atoms with E-state index >= 15 is 0 Å². The third-order valence-electron chi connectivity index (χ3n) is 0.909. The van der Waals surface area contributed by atoms with Gasteiger partial charge in [-0.25, -0.2) is 0 Å². The van der Waals surface area contributed by atoms with Gasteiger partial charge in [0.2, 0.25) is 5.96 Å². The molecule has 1 fully saturated rings. The largest absolute Gasteiger partial charge is 0.273 e. The van der Waals surface area contributed by atoms with Crippen LogP contribution in [-0.4, -0.2) is 30.2 Å². The van der Waals surface area contributed by atoms with Crippen molar-refractivity contribution in [1.82, 2.24) is 21.1 Å². The van der Waals surface area contributed by atoms with E-state index in [1.54, 1.807) is 24.2 Å². The summed E-state index contributed by atoms with van der Waals surface area (Å²) in [6, 6.07) is 0. The average Bonchev–Trinajstić information content (AvgIpc) is 1.85. The third-order valence-corrected chi connectivity index (χ3v) is 0.909. The standard InChI is InChI=1S/C3H9N5/c1-7-3(4)5-8(2)6-7/h6H,1-2H3,(H2,4,5). The van der Waals surface area contributed by atoms with E-state index in [2.05, 4.69) is 11.0 Å². The van der Waals surface area contributed by atoms with Gasteiger partial charge in [0.1, 0.15) is 0 Å². The molecular weight excluding hydrogens is 106 g/mol. The van der Waals surface area contributed by atoms with Crippen LogP contribution in [0.5, 0.6) is 0 Å². The Bertz CT molecular complexity index is 110. The topological polar surface area (TPSA) is 54.4 Å². The zero-order valence-electron chi connectivity index (χ0n) is 4.89. The summed E-state index contributed by atoms with van der Waals surface area (Å²) in [5.41, 5.74) is 5.50. The highest BCUT2D eigenvalue weighted by molar-refractivity contribution is 5.76. The summed E-state index contributed by atoms with van der Waals surface area (Å²) in [6.07, 6.45) is 0. The summed E-state index contributed by atoms with van der Waals surface area (Å²) >= 11 is 0. The van der Waals surface area contributed by atoms with Gasteiger partial charge >= 0.3 is 0 Å². The first-order valence-corrected chi connectivity index (χ1v) is 2.29. The molecule has 1 rings (SSSR count). The minimum absolute atomic E-state index is 0.354. The van der Waals surface area contributed by atoms with Crippen LogP contribution in [-0.2, 0) is 0 Å². The van der Waals surface area contributed by atoms with Gasteiger partial charge in [0, 0.05) is 14.1 Å². The van der Waals surface area contributed by atoms with Crippen LogP contribution >= 0.6 is 0 Å². The van der Waals surface area contributed by atoms with Gasteiger partial charge < -0.3 is 0 Å². The lowest BCUT2D eigenvalue weighted by atomic mass is 10.9. The second kappa shape index (κ2) is 1.61. The molecule has 0 bridgehead atoms. The molecular formula is C3H9N5. The maximum absolute atomic E-state index is 7.10. The Morgan fingerprint density at radius 1 is 1.50 bits per heavy atom. The summed E-state index contributed by atoms with van der Waals surface area (Å²) in [5, 5.41) is 10.3. The van der Waals surface area contributed by atoms with Crippen molar-refractivity contribution >= 4 is 5.96 Å². The molecule has 1 aliphatic heterocycles. The van der Waals surface area contributed by atoms with E-state index in [0.29, 0.717) is 5.96 Å². The Kier molecular flexibility index (Phi) is 1.07. The predicted octanol–water partition coefficient (Wildman–Crippen LogP) is -1.28. The Labute approximate surface area is 47.7 Å². The van der Waals surface area contributed by atoms with E-state index in [0.717, 1.165) is 0 Å². The van der Waals surface area contributed by atoms with E-state index < -0.39 is 0 Å². The predicted molar refractivity (Wildman–Crippen MR) is 29.5 cm³/mol. The highest BCUT2D eigenvalue weighted by atomic mass is 15.9. The lowest BCUT2D eigenvalue weighted by Crippen LogP contribution is -2.36. The first kappa shape index (κ1) is 5.33. The van der Waals surface area contributed by atoms with Crippen LogP contribution < -0.4 is 11.0 Å². The molecule has 1 aliphatic rings. The molecule has 0 aromatic rings. The fraction of sp³-hybridized carbons (Fsp3) is 0.667. The molecule has 0 amide bonds. The van der Waals surface area contributed by atoms with Crippen molar-refractivity contribution in [2.24, 2.45) is 0 Å². The molecule has 0 atom stereocenters. The van der Waals surface area contributed by atoms with Crippen molar-refractivity contribution in [2.75, 3.05) is 14.1 Å². The molecule has 0 aliphatic carbocycles. The SMILES string of the molecule is CN1NC(=N)N(C)N1. The molecule has 0 spiro atoms. The summed E-state index contributed by atoms with van der Waals surface area (Å²) in [7, 11) is 3.55. The van der Waals surface area contributed by atoms with Crippen molar-refractivity contribution in [1.29, 1.82) is 5.41 Å². The number of rotatable bonds is 0. The monoisotopic (exact) mass is 115 g/mol. The Morgan fingerprint density at radius 3 is 2.25 bits per heavy atom. The number of nitrogens with zero attached hydrogens (tertiary/aromatic N) is 2. The Hall–Kier alpha value is -0.810. The molecule has 46 valence electrons. The van der Waals surface area contributed by atoms with Crippen LogP contribution in [0, 0.1) is 5.41 Å². The minimum Gasteiger partial charge on any atom is -0.273 e. The van der Waals surface area contributed by atoms with E-state index in [1.165, 1.54) is 0 Å². The van der Waals surface area contributed by atoms with E-state index in [-0.39, 0.29) is 0 Å². The van der Waals surface area contributed by atoms with Crippen LogP contribution in [0.2, 0.25) is 0 Å².